The van der Waals surface area contributed by atoms with Crippen LogP contribution in [-0.4, -0.2) is 18.2 Å². The van der Waals surface area contributed by atoms with E-state index in [0.717, 1.165) is 30.6 Å². The molecule has 0 aliphatic rings. The Hall–Kier alpha value is -1.00. The van der Waals surface area contributed by atoms with Crippen molar-refractivity contribution in [3.63, 3.8) is 0 Å². The van der Waals surface area contributed by atoms with E-state index in [-0.39, 0.29) is 0 Å². The average molecular weight is 302 g/mol. The minimum absolute atomic E-state index is 0.534. The molecule has 19 heavy (non-hydrogen) atoms. The molecule has 106 valence electrons. The zero-order chi connectivity index (χ0) is 14.3. The largest absolute Gasteiger partial charge is 0.490 e. The van der Waals surface area contributed by atoms with E-state index in [9.17, 15) is 0 Å². The Balaban J connectivity index is 2.86. The van der Waals surface area contributed by atoms with E-state index in [1.54, 1.807) is 0 Å². The second-order valence-electron chi connectivity index (χ2n) is 4.08. The molecule has 0 unspecified atom stereocenters. The third-order valence-corrected chi connectivity index (χ3v) is 3.14. The summed E-state index contributed by atoms with van der Waals surface area (Å²) in [6.45, 7) is 5.04. The Labute approximate surface area is 125 Å². The van der Waals surface area contributed by atoms with Crippen molar-refractivity contribution in [2.75, 3.05) is 13.2 Å². The van der Waals surface area contributed by atoms with Gasteiger partial charge in [-0.2, -0.15) is 0 Å². The molecule has 0 aliphatic heterocycles. The summed E-state index contributed by atoms with van der Waals surface area (Å²) in [6, 6.07) is 3.75. The van der Waals surface area contributed by atoms with E-state index in [1.165, 1.54) is 0 Å². The molecule has 1 aromatic carbocycles. The summed E-state index contributed by atoms with van der Waals surface area (Å²) < 4.78 is 11.1. The Morgan fingerprint density at radius 3 is 2.32 bits per heavy atom. The second-order valence-corrected chi connectivity index (χ2v) is 5.01. The standard InChI is InChI=1S/C14H20ClNO2S/c1-3-17-12-8-10(6-5-7-14(16)19)11(15)9-13(12)18-4-2/h8-9H,3-7H2,1-2H3,(H2,16,19). The lowest BCUT2D eigenvalue weighted by molar-refractivity contribution is 0.287. The molecule has 1 rings (SSSR count). The van der Waals surface area contributed by atoms with Gasteiger partial charge in [0.05, 0.1) is 18.2 Å². The van der Waals surface area contributed by atoms with Gasteiger partial charge in [0.15, 0.2) is 11.5 Å². The minimum atomic E-state index is 0.534. The third-order valence-electron chi connectivity index (χ3n) is 2.58. The quantitative estimate of drug-likeness (QED) is 0.743. The van der Waals surface area contributed by atoms with Gasteiger partial charge in [0.2, 0.25) is 0 Å². The number of hydrogen-bond acceptors (Lipinski definition) is 3. The molecule has 0 heterocycles. The summed E-state index contributed by atoms with van der Waals surface area (Å²) in [5.41, 5.74) is 6.52. The van der Waals surface area contributed by atoms with Gasteiger partial charge in [-0.15, -0.1) is 0 Å². The second kappa shape index (κ2) is 8.23. The van der Waals surface area contributed by atoms with Gasteiger partial charge in [0.25, 0.3) is 0 Å². The van der Waals surface area contributed by atoms with Gasteiger partial charge in [-0.1, -0.05) is 23.8 Å². The van der Waals surface area contributed by atoms with Crippen LogP contribution in [0.15, 0.2) is 12.1 Å². The monoisotopic (exact) mass is 301 g/mol. The molecule has 2 N–H and O–H groups in total. The molecule has 0 saturated heterocycles. The van der Waals surface area contributed by atoms with Gasteiger partial charge in [-0.3, -0.25) is 0 Å². The highest BCUT2D eigenvalue weighted by Gasteiger charge is 2.10. The van der Waals surface area contributed by atoms with Crippen molar-refractivity contribution in [2.45, 2.75) is 33.1 Å². The van der Waals surface area contributed by atoms with Gasteiger partial charge in [-0.05, 0) is 44.7 Å². The zero-order valence-electron chi connectivity index (χ0n) is 11.4. The van der Waals surface area contributed by atoms with Crippen LogP contribution in [0.5, 0.6) is 11.5 Å². The van der Waals surface area contributed by atoms with Crippen LogP contribution in [0.4, 0.5) is 0 Å². The molecule has 0 spiro atoms. The van der Waals surface area contributed by atoms with Crippen molar-refractivity contribution in [1.29, 1.82) is 0 Å². The first kappa shape index (κ1) is 16.1. The smallest absolute Gasteiger partial charge is 0.162 e. The van der Waals surface area contributed by atoms with E-state index in [4.69, 9.17) is 39.0 Å². The van der Waals surface area contributed by atoms with Gasteiger partial charge in [0.1, 0.15) is 0 Å². The Morgan fingerprint density at radius 1 is 1.21 bits per heavy atom. The highest BCUT2D eigenvalue weighted by molar-refractivity contribution is 7.80. The van der Waals surface area contributed by atoms with Crippen LogP contribution in [0.1, 0.15) is 32.3 Å². The molecule has 5 heteroatoms. The van der Waals surface area contributed by atoms with Crippen molar-refractivity contribution in [3.8, 4) is 11.5 Å². The summed E-state index contributed by atoms with van der Waals surface area (Å²) in [5, 5.41) is 0.690. The maximum atomic E-state index is 6.25. The maximum absolute atomic E-state index is 6.25. The summed E-state index contributed by atoms with van der Waals surface area (Å²) in [7, 11) is 0. The van der Waals surface area contributed by atoms with E-state index in [0.29, 0.717) is 29.0 Å². The molecule has 3 nitrogen and oxygen atoms in total. The Kier molecular flexibility index (Phi) is 6.95. The summed E-state index contributed by atoms with van der Waals surface area (Å²) in [4.78, 5) is 0.534. The summed E-state index contributed by atoms with van der Waals surface area (Å²) in [5.74, 6) is 1.42. The minimum Gasteiger partial charge on any atom is -0.490 e. The topological polar surface area (TPSA) is 44.5 Å². The number of halogens is 1. The number of hydrogen-bond donors (Lipinski definition) is 1. The molecule has 0 aliphatic carbocycles. The lowest BCUT2D eigenvalue weighted by Gasteiger charge is -2.14. The first-order valence-electron chi connectivity index (χ1n) is 6.44. The van der Waals surface area contributed by atoms with Crippen LogP contribution in [0.3, 0.4) is 0 Å². The molecular weight excluding hydrogens is 282 g/mol. The predicted molar refractivity (Wildman–Crippen MR) is 83.5 cm³/mol. The summed E-state index contributed by atoms with van der Waals surface area (Å²) >= 11 is 11.1. The van der Waals surface area contributed by atoms with E-state index < -0.39 is 0 Å². The zero-order valence-corrected chi connectivity index (χ0v) is 12.9. The average Bonchev–Trinajstić information content (AvgIpc) is 2.34. The number of thiocarbonyl (C=S) groups is 1. The third kappa shape index (κ3) is 5.25. The first-order chi connectivity index (χ1) is 9.08. The van der Waals surface area contributed by atoms with Crippen molar-refractivity contribution < 1.29 is 9.47 Å². The normalized spacial score (nSPS) is 10.3. The van der Waals surface area contributed by atoms with Crippen LogP contribution in [0, 0.1) is 0 Å². The first-order valence-corrected chi connectivity index (χ1v) is 7.23. The van der Waals surface area contributed by atoms with Gasteiger partial charge in [-0.25, -0.2) is 0 Å². The Bertz CT molecular complexity index is 438. The van der Waals surface area contributed by atoms with Crippen LogP contribution < -0.4 is 15.2 Å². The lowest BCUT2D eigenvalue weighted by Crippen LogP contribution is -2.07. The van der Waals surface area contributed by atoms with Crippen molar-refractivity contribution in [2.24, 2.45) is 5.73 Å². The SMILES string of the molecule is CCOc1cc(Cl)c(CCCC(N)=S)cc1OCC. The van der Waals surface area contributed by atoms with Gasteiger partial charge in [0, 0.05) is 11.1 Å². The van der Waals surface area contributed by atoms with Gasteiger partial charge < -0.3 is 15.2 Å². The fraction of sp³-hybridized carbons (Fsp3) is 0.500. The number of benzene rings is 1. The molecule has 0 fully saturated rings. The van der Waals surface area contributed by atoms with E-state index >= 15 is 0 Å². The lowest BCUT2D eigenvalue weighted by atomic mass is 10.1. The number of aryl methyl sites for hydroxylation is 1. The number of ether oxygens (including phenoxy) is 2. The van der Waals surface area contributed by atoms with Gasteiger partial charge >= 0.3 is 0 Å². The van der Waals surface area contributed by atoms with Crippen LogP contribution in [0.25, 0.3) is 0 Å². The van der Waals surface area contributed by atoms with Crippen LogP contribution in [-0.2, 0) is 6.42 Å². The van der Waals surface area contributed by atoms with Crippen LogP contribution >= 0.6 is 23.8 Å². The fourth-order valence-electron chi connectivity index (χ4n) is 1.76. The highest BCUT2D eigenvalue weighted by atomic mass is 35.5. The molecule has 0 amide bonds. The Morgan fingerprint density at radius 2 is 1.79 bits per heavy atom. The maximum Gasteiger partial charge on any atom is 0.162 e. The fourth-order valence-corrected chi connectivity index (χ4v) is 2.15. The molecule has 0 radical (unpaired) electrons. The van der Waals surface area contributed by atoms with E-state index in [2.05, 4.69) is 0 Å². The highest BCUT2D eigenvalue weighted by Crippen LogP contribution is 2.34. The van der Waals surface area contributed by atoms with Crippen molar-refractivity contribution in [1.82, 2.24) is 0 Å². The number of nitrogens with two attached hydrogens (primary N) is 1. The molecular formula is C14H20ClNO2S. The van der Waals surface area contributed by atoms with Crippen molar-refractivity contribution >= 4 is 28.8 Å². The molecule has 1 aromatic rings. The molecule has 0 aromatic heterocycles. The molecule has 0 saturated carbocycles. The van der Waals surface area contributed by atoms with Crippen molar-refractivity contribution in [3.05, 3.63) is 22.7 Å². The molecule has 0 bridgehead atoms. The summed E-state index contributed by atoms with van der Waals surface area (Å²) in [6.07, 6.45) is 2.43. The molecule has 0 atom stereocenters. The predicted octanol–water partition coefficient (Wildman–Crippen LogP) is 3.75. The van der Waals surface area contributed by atoms with E-state index in [1.807, 2.05) is 26.0 Å². The van der Waals surface area contributed by atoms with Crippen LogP contribution in [0.2, 0.25) is 5.02 Å². The number of rotatable bonds is 8.